The van der Waals surface area contributed by atoms with Gasteiger partial charge in [0.2, 0.25) is 0 Å². The molecular formula is C26H28N2O3S. The van der Waals surface area contributed by atoms with Gasteiger partial charge in [0, 0.05) is 5.56 Å². The maximum Gasteiger partial charge on any atom is 0.261 e. The fourth-order valence-corrected chi connectivity index (χ4v) is 5.26. The molecule has 3 aromatic rings. The first-order chi connectivity index (χ1) is 15.3. The molecule has 0 unspecified atom stereocenters. The zero-order valence-electron chi connectivity index (χ0n) is 18.4. The second kappa shape index (κ2) is 9.17. The van der Waals surface area contributed by atoms with E-state index in [1.165, 1.54) is 24.0 Å². The summed E-state index contributed by atoms with van der Waals surface area (Å²) in [5.41, 5.74) is 5.54. The van der Waals surface area contributed by atoms with Crippen molar-refractivity contribution in [2.75, 3.05) is 4.72 Å². The molecule has 0 spiro atoms. The number of hydrogen-bond acceptors (Lipinski definition) is 3. The molecule has 6 heteroatoms. The highest BCUT2D eigenvalue weighted by atomic mass is 32.2. The van der Waals surface area contributed by atoms with Gasteiger partial charge in [0.15, 0.2) is 0 Å². The third-order valence-electron chi connectivity index (χ3n) is 6.01. The largest absolute Gasteiger partial charge is 0.346 e. The highest BCUT2D eigenvalue weighted by Gasteiger charge is 2.18. The van der Waals surface area contributed by atoms with Gasteiger partial charge in [-0.25, -0.2) is 8.42 Å². The smallest absolute Gasteiger partial charge is 0.261 e. The summed E-state index contributed by atoms with van der Waals surface area (Å²) in [6.07, 6.45) is 4.70. The van der Waals surface area contributed by atoms with Crippen LogP contribution in [0.15, 0.2) is 71.6 Å². The first-order valence-corrected chi connectivity index (χ1v) is 12.4. The van der Waals surface area contributed by atoms with Crippen LogP contribution in [0.4, 0.5) is 5.69 Å². The molecule has 0 heterocycles. The van der Waals surface area contributed by atoms with Crippen molar-refractivity contribution in [2.24, 2.45) is 0 Å². The number of carbonyl (C=O) groups is 1. The van der Waals surface area contributed by atoms with E-state index < -0.39 is 10.0 Å². The van der Waals surface area contributed by atoms with Crippen LogP contribution in [0.2, 0.25) is 0 Å². The van der Waals surface area contributed by atoms with Gasteiger partial charge < -0.3 is 5.32 Å². The summed E-state index contributed by atoms with van der Waals surface area (Å²) in [6, 6.07) is 19.6. The third-order valence-corrected chi connectivity index (χ3v) is 7.39. The molecule has 0 saturated heterocycles. The molecule has 0 bridgehead atoms. The molecule has 1 aliphatic carbocycles. The van der Waals surface area contributed by atoms with Crippen LogP contribution in [0, 0.1) is 6.92 Å². The van der Waals surface area contributed by atoms with Gasteiger partial charge in [0.25, 0.3) is 15.9 Å². The number of nitrogens with one attached hydrogen (secondary N) is 2. The SMILES string of the molecule is Cc1cc(C(=O)N[C@H](C)c2ccc3c(c2)CCCC3)ccc1NS(=O)(=O)c1ccccc1. The Kier molecular flexibility index (Phi) is 6.33. The van der Waals surface area contributed by atoms with Gasteiger partial charge >= 0.3 is 0 Å². The fraction of sp³-hybridized carbons (Fsp3) is 0.269. The quantitative estimate of drug-likeness (QED) is 0.547. The van der Waals surface area contributed by atoms with Crippen LogP contribution >= 0.6 is 0 Å². The number of hydrogen-bond donors (Lipinski definition) is 2. The van der Waals surface area contributed by atoms with Gasteiger partial charge in [-0.3, -0.25) is 9.52 Å². The molecule has 0 aromatic heterocycles. The molecule has 3 aromatic carbocycles. The third kappa shape index (κ3) is 4.86. The Morgan fingerprint density at radius 1 is 0.906 bits per heavy atom. The van der Waals surface area contributed by atoms with Crippen LogP contribution in [-0.2, 0) is 22.9 Å². The molecule has 2 N–H and O–H groups in total. The lowest BCUT2D eigenvalue weighted by molar-refractivity contribution is 0.0940. The summed E-state index contributed by atoms with van der Waals surface area (Å²) < 4.78 is 27.8. The van der Waals surface area contributed by atoms with Crippen molar-refractivity contribution < 1.29 is 13.2 Å². The zero-order chi connectivity index (χ0) is 22.7. The minimum atomic E-state index is -3.68. The molecule has 0 saturated carbocycles. The molecule has 0 radical (unpaired) electrons. The summed E-state index contributed by atoms with van der Waals surface area (Å²) in [5, 5.41) is 3.06. The van der Waals surface area contributed by atoms with E-state index in [2.05, 4.69) is 28.2 Å². The second-order valence-corrected chi connectivity index (χ2v) is 10.1. The van der Waals surface area contributed by atoms with Gasteiger partial charge in [-0.2, -0.15) is 0 Å². The Bertz CT molecular complexity index is 1240. The Labute approximate surface area is 189 Å². The van der Waals surface area contributed by atoms with E-state index in [4.69, 9.17) is 0 Å². The average Bonchev–Trinajstić information content (AvgIpc) is 2.80. The van der Waals surface area contributed by atoms with Gasteiger partial charge in [-0.05, 0) is 92.1 Å². The van der Waals surface area contributed by atoms with Crippen molar-refractivity contribution in [3.63, 3.8) is 0 Å². The molecule has 4 rings (SSSR count). The summed E-state index contributed by atoms with van der Waals surface area (Å²) in [7, 11) is -3.68. The summed E-state index contributed by atoms with van der Waals surface area (Å²) in [6.45, 7) is 3.77. The lowest BCUT2D eigenvalue weighted by Gasteiger charge is -2.20. The first kappa shape index (κ1) is 22.1. The lowest BCUT2D eigenvalue weighted by Crippen LogP contribution is -2.27. The highest BCUT2D eigenvalue weighted by molar-refractivity contribution is 7.92. The van der Waals surface area contributed by atoms with E-state index in [-0.39, 0.29) is 16.8 Å². The molecule has 0 fully saturated rings. The Morgan fingerprint density at radius 3 is 2.34 bits per heavy atom. The van der Waals surface area contributed by atoms with Crippen LogP contribution in [-0.4, -0.2) is 14.3 Å². The van der Waals surface area contributed by atoms with Gasteiger partial charge in [-0.15, -0.1) is 0 Å². The summed E-state index contributed by atoms with van der Waals surface area (Å²) in [4.78, 5) is 13.0. The van der Waals surface area contributed by atoms with E-state index in [1.807, 2.05) is 6.92 Å². The van der Waals surface area contributed by atoms with Crippen LogP contribution in [0.5, 0.6) is 0 Å². The standard InChI is InChI=1S/C26H28N2O3S/c1-18-16-23(14-15-25(18)28-32(30,31)24-10-4-3-5-11-24)26(29)27-19(2)21-13-12-20-8-6-7-9-22(20)17-21/h3-5,10-17,19,28H,6-9H2,1-2H3,(H,27,29)/t19-/m1/s1. The van der Waals surface area contributed by atoms with Gasteiger partial charge in [0.05, 0.1) is 16.6 Å². The molecule has 1 amide bonds. The normalized spacial score (nSPS) is 14.3. The Morgan fingerprint density at radius 2 is 1.62 bits per heavy atom. The van der Waals surface area contributed by atoms with E-state index in [0.717, 1.165) is 18.4 Å². The number of carbonyl (C=O) groups excluding carboxylic acids is 1. The number of fused-ring (bicyclic) bond motifs is 1. The van der Waals surface area contributed by atoms with E-state index in [9.17, 15) is 13.2 Å². The minimum Gasteiger partial charge on any atom is -0.346 e. The van der Waals surface area contributed by atoms with Crippen molar-refractivity contribution in [1.82, 2.24) is 5.32 Å². The van der Waals surface area contributed by atoms with Crippen molar-refractivity contribution in [3.8, 4) is 0 Å². The van der Waals surface area contributed by atoms with Crippen molar-refractivity contribution in [2.45, 2.75) is 50.5 Å². The lowest BCUT2D eigenvalue weighted by atomic mass is 9.89. The zero-order valence-corrected chi connectivity index (χ0v) is 19.2. The van der Waals surface area contributed by atoms with Crippen molar-refractivity contribution in [3.05, 3.63) is 94.5 Å². The monoisotopic (exact) mass is 448 g/mol. The van der Waals surface area contributed by atoms with Crippen molar-refractivity contribution >= 4 is 21.6 Å². The van der Waals surface area contributed by atoms with Crippen LogP contribution in [0.1, 0.15) is 58.4 Å². The second-order valence-electron chi connectivity index (χ2n) is 8.38. The van der Waals surface area contributed by atoms with Crippen LogP contribution in [0.3, 0.4) is 0 Å². The Hall–Kier alpha value is -3.12. The average molecular weight is 449 g/mol. The number of anilines is 1. The number of rotatable bonds is 6. The topological polar surface area (TPSA) is 75.3 Å². The fourth-order valence-electron chi connectivity index (χ4n) is 4.11. The van der Waals surface area contributed by atoms with E-state index in [0.29, 0.717) is 16.8 Å². The number of amides is 1. The number of aryl methyl sites for hydroxylation is 3. The Balaban J connectivity index is 1.46. The van der Waals surface area contributed by atoms with E-state index >= 15 is 0 Å². The van der Waals surface area contributed by atoms with E-state index in [1.54, 1.807) is 55.5 Å². The van der Waals surface area contributed by atoms with Gasteiger partial charge in [-0.1, -0.05) is 36.4 Å². The predicted octanol–water partition coefficient (Wildman–Crippen LogP) is 5.17. The minimum absolute atomic E-state index is 0.119. The molecule has 166 valence electrons. The molecule has 32 heavy (non-hydrogen) atoms. The van der Waals surface area contributed by atoms with Crippen LogP contribution < -0.4 is 10.0 Å². The molecule has 0 aliphatic heterocycles. The molecular weight excluding hydrogens is 420 g/mol. The molecule has 1 atom stereocenters. The van der Waals surface area contributed by atoms with Gasteiger partial charge in [0.1, 0.15) is 0 Å². The highest BCUT2D eigenvalue weighted by Crippen LogP contribution is 2.25. The molecule has 5 nitrogen and oxygen atoms in total. The summed E-state index contributed by atoms with van der Waals surface area (Å²) >= 11 is 0. The predicted molar refractivity (Wildman–Crippen MR) is 127 cm³/mol. The maximum atomic E-state index is 12.8. The summed E-state index contributed by atoms with van der Waals surface area (Å²) in [5.74, 6) is -0.184. The number of benzene rings is 3. The maximum absolute atomic E-state index is 12.8. The first-order valence-electron chi connectivity index (χ1n) is 10.9. The number of sulfonamides is 1. The van der Waals surface area contributed by atoms with Crippen molar-refractivity contribution in [1.29, 1.82) is 0 Å². The van der Waals surface area contributed by atoms with Crippen LogP contribution in [0.25, 0.3) is 0 Å². The molecule has 1 aliphatic rings.